The third-order valence-corrected chi connectivity index (χ3v) is 4.49. The van der Waals surface area contributed by atoms with Crippen LogP contribution in [-0.4, -0.2) is 52.6 Å². The first-order chi connectivity index (χ1) is 13.1. The number of carbonyl (C=O) groups excluding carboxylic acids is 4. The van der Waals surface area contributed by atoms with Crippen molar-refractivity contribution in [3.8, 4) is 0 Å². The number of esters is 1. The van der Waals surface area contributed by atoms with Gasteiger partial charge in [0.1, 0.15) is 23.8 Å². The molecular formula is C19H23N3O6. The molecule has 28 heavy (non-hydrogen) atoms. The van der Waals surface area contributed by atoms with Gasteiger partial charge in [-0.25, -0.2) is 14.4 Å². The zero-order valence-electron chi connectivity index (χ0n) is 16.0. The molecule has 2 N–H and O–H groups in total. The number of hydrogen-bond acceptors (Lipinski definition) is 6. The molecule has 0 saturated carbocycles. The number of benzene rings is 1. The Morgan fingerprint density at radius 2 is 1.89 bits per heavy atom. The molecule has 3 rings (SSSR count). The number of ether oxygens (including phenoxy) is 2. The maximum atomic E-state index is 12.7. The molecule has 2 atom stereocenters. The van der Waals surface area contributed by atoms with Crippen molar-refractivity contribution in [2.75, 3.05) is 6.54 Å². The van der Waals surface area contributed by atoms with Crippen molar-refractivity contribution < 1.29 is 28.7 Å². The highest BCUT2D eigenvalue weighted by Gasteiger charge is 2.58. The molecule has 2 saturated heterocycles. The minimum Gasteiger partial charge on any atom is -0.458 e. The molecule has 9 heteroatoms. The molecule has 2 heterocycles. The topological polar surface area (TPSA) is 114 Å². The van der Waals surface area contributed by atoms with Crippen molar-refractivity contribution in [1.82, 2.24) is 15.5 Å². The van der Waals surface area contributed by atoms with Gasteiger partial charge in [-0.2, -0.15) is 0 Å². The van der Waals surface area contributed by atoms with E-state index in [0.717, 1.165) is 10.5 Å². The van der Waals surface area contributed by atoms with E-state index >= 15 is 0 Å². The van der Waals surface area contributed by atoms with Crippen molar-refractivity contribution >= 4 is 24.0 Å². The number of likely N-dealkylation sites (tertiary alicyclic amines) is 1. The van der Waals surface area contributed by atoms with E-state index in [4.69, 9.17) is 9.47 Å². The zero-order valence-corrected chi connectivity index (χ0v) is 16.0. The molecule has 0 radical (unpaired) electrons. The van der Waals surface area contributed by atoms with Gasteiger partial charge in [-0.1, -0.05) is 30.3 Å². The fraction of sp³-hybridized carbons (Fsp3) is 0.474. The molecule has 150 valence electrons. The average molecular weight is 389 g/mol. The fourth-order valence-corrected chi connectivity index (χ4v) is 3.26. The Balaban J connectivity index is 1.78. The lowest BCUT2D eigenvalue weighted by Crippen LogP contribution is -2.49. The Kier molecular flexibility index (Phi) is 5.01. The number of nitrogens with one attached hydrogen (secondary N) is 2. The second-order valence-corrected chi connectivity index (χ2v) is 7.91. The van der Waals surface area contributed by atoms with Crippen molar-refractivity contribution in [2.24, 2.45) is 0 Å². The second kappa shape index (κ2) is 7.14. The predicted octanol–water partition coefficient (Wildman–Crippen LogP) is 1.32. The Labute approximate surface area is 162 Å². The molecule has 2 aliphatic rings. The van der Waals surface area contributed by atoms with Crippen molar-refractivity contribution in [1.29, 1.82) is 0 Å². The minimum atomic E-state index is -1.37. The first kappa shape index (κ1) is 19.7. The highest BCUT2D eigenvalue weighted by atomic mass is 16.6. The van der Waals surface area contributed by atoms with Gasteiger partial charge in [-0.3, -0.25) is 15.0 Å². The first-order valence-corrected chi connectivity index (χ1v) is 8.93. The van der Waals surface area contributed by atoms with Crippen LogP contribution in [0.2, 0.25) is 0 Å². The summed E-state index contributed by atoms with van der Waals surface area (Å²) in [6.07, 6.45) is -0.842. The van der Waals surface area contributed by atoms with E-state index in [1.807, 2.05) is 18.2 Å². The number of imide groups is 1. The van der Waals surface area contributed by atoms with Gasteiger partial charge in [0.05, 0.1) is 6.54 Å². The van der Waals surface area contributed by atoms with Crippen LogP contribution in [-0.2, 0) is 25.7 Å². The molecule has 2 fully saturated rings. The highest BCUT2D eigenvalue weighted by Crippen LogP contribution is 2.32. The van der Waals surface area contributed by atoms with Gasteiger partial charge in [-0.05, 0) is 26.3 Å². The Hall–Kier alpha value is -3.10. The standard InChI is InChI=1S/C19H23N3O6/c1-18(2,3)28-14(23)13-9-19(15(24)20-16(25)21-19)11-22(13)17(26)27-10-12-7-5-4-6-8-12/h4-8,13H,9-11H2,1-3H3,(H2,20,21,24,25)/t13-,19?/m0/s1. The SMILES string of the molecule is CC(C)(C)OC(=O)[C@@H]1CC2(CN1C(=O)OCc1ccccc1)NC(=O)NC2=O. The molecule has 1 unspecified atom stereocenters. The van der Waals surface area contributed by atoms with Crippen molar-refractivity contribution in [3.63, 3.8) is 0 Å². The van der Waals surface area contributed by atoms with Gasteiger partial charge in [0.2, 0.25) is 0 Å². The summed E-state index contributed by atoms with van der Waals surface area (Å²) in [6.45, 7) is 4.96. The number of urea groups is 1. The maximum Gasteiger partial charge on any atom is 0.410 e. The van der Waals surface area contributed by atoms with Crippen LogP contribution < -0.4 is 10.6 Å². The van der Waals surface area contributed by atoms with Crippen LogP contribution in [0, 0.1) is 0 Å². The Bertz CT molecular complexity index is 804. The smallest absolute Gasteiger partial charge is 0.410 e. The van der Waals surface area contributed by atoms with E-state index in [2.05, 4.69) is 10.6 Å². The van der Waals surface area contributed by atoms with E-state index in [-0.39, 0.29) is 19.6 Å². The van der Waals surface area contributed by atoms with Gasteiger partial charge in [-0.15, -0.1) is 0 Å². The normalized spacial score (nSPS) is 24.1. The summed E-state index contributed by atoms with van der Waals surface area (Å²) >= 11 is 0. The summed E-state index contributed by atoms with van der Waals surface area (Å²) in [6, 6.07) is 7.37. The summed E-state index contributed by atoms with van der Waals surface area (Å²) in [5.41, 5.74) is -1.36. The van der Waals surface area contributed by atoms with Crippen LogP contribution >= 0.6 is 0 Å². The van der Waals surface area contributed by atoms with Crippen molar-refractivity contribution in [2.45, 2.75) is 51.0 Å². The second-order valence-electron chi connectivity index (χ2n) is 7.91. The number of nitrogens with zero attached hydrogens (tertiary/aromatic N) is 1. The lowest BCUT2D eigenvalue weighted by atomic mass is 9.96. The maximum absolute atomic E-state index is 12.7. The summed E-state index contributed by atoms with van der Waals surface area (Å²) in [5.74, 6) is -1.24. The van der Waals surface area contributed by atoms with Gasteiger partial charge in [0.15, 0.2) is 0 Å². The largest absolute Gasteiger partial charge is 0.458 e. The van der Waals surface area contributed by atoms with E-state index in [1.165, 1.54) is 0 Å². The number of rotatable bonds is 3. The van der Waals surface area contributed by atoms with E-state index in [9.17, 15) is 19.2 Å². The molecular weight excluding hydrogens is 366 g/mol. The molecule has 0 bridgehead atoms. The minimum absolute atomic E-state index is 0.0166. The van der Waals surface area contributed by atoms with Gasteiger partial charge < -0.3 is 14.8 Å². The van der Waals surface area contributed by atoms with Gasteiger partial charge in [0, 0.05) is 6.42 Å². The third kappa shape index (κ3) is 4.08. The average Bonchev–Trinajstić information content (AvgIpc) is 3.12. The zero-order chi connectivity index (χ0) is 20.5. The quantitative estimate of drug-likeness (QED) is 0.595. The fourth-order valence-electron chi connectivity index (χ4n) is 3.26. The molecule has 0 aliphatic carbocycles. The van der Waals surface area contributed by atoms with Crippen molar-refractivity contribution in [3.05, 3.63) is 35.9 Å². The van der Waals surface area contributed by atoms with Crippen LogP contribution in [0.3, 0.4) is 0 Å². The molecule has 9 nitrogen and oxygen atoms in total. The van der Waals surface area contributed by atoms with Crippen LogP contribution in [0.15, 0.2) is 30.3 Å². The first-order valence-electron chi connectivity index (χ1n) is 8.93. The Morgan fingerprint density at radius 1 is 1.21 bits per heavy atom. The summed E-state index contributed by atoms with van der Waals surface area (Å²) in [4.78, 5) is 50.4. The lowest BCUT2D eigenvalue weighted by Gasteiger charge is -2.26. The monoisotopic (exact) mass is 389 g/mol. The van der Waals surface area contributed by atoms with Crippen LogP contribution in [0.25, 0.3) is 0 Å². The number of carbonyl (C=O) groups is 4. The molecule has 2 aliphatic heterocycles. The Morgan fingerprint density at radius 3 is 2.46 bits per heavy atom. The number of amides is 4. The van der Waals surface area contributed by atoms with Gasteiger partial charge in [0.25, 0.3) is 5.91 Å². The molecule has 1 spiro atoms. The van der Waals surface area contributed by atoms with E-state index < -0.39 is 41.2 Å². The highest BCUT2D eigenvalue weighted by molar-refractivity contribution is 6.08. The van der Waals surface area contributed by atoms with Crippen LogP contribution in [0.4, 0.5) is 9.59 Å². The van der Waals surface area contributed by atoms with Crippen LogP contribution in [0.5, 0.6) is 0 Å². The molecule has 1 aromatic carbocycles. The summed E-state index contributed by atoms with van der Waals surface area (Å²) in [5, 5.41) is 4.68. The summed E-state index contributed by atoms with van der Waals surface area (Å²) < 4.78 is 10.7. The predicted molar refractivity (Wildman–Crippen MR) is 97.0 cm³/mol. The van der Waals surface area contributed by atoms with E-state index in [0.29, 0.717) is 0 Å². The lowest BCUT2D eigenvalue weighted by molar-refractivity contribution is -0.159. The molecule has 0 aromatic heterocycles. The molecule has 4 amide bonds. The van der Waals surface area contributed by atoms with Crippen LogP contribution in [0.1, 0.15) is 32.8 Å². The third-order valence-electron chi connectivity index (χ3n) is 4.49. The molecule has 1 aromatic rings. The number of hydrogen-bond donors (Lipinski definition) is 2. The van der Waals surface area contributed by atoms with E-state index in [1.54, 1.807) is 32.9 Å². The summed E-state index contributed by atoms with van der Waals surface area (Å²) in [7, 11) is 0. The van der Waals surface area contributed by atoms with Gasteiger partial charge >= 0.3 is 18.1 Å².